The molecule has 0 saturated carbocycles. The maximum atomic E-state index is 5.53. The Morgan fingerprint density at radius 3 is 2.45 bits per heavy atom. The molecule has 0 unspecified atom stereocenters. The van der Waals surface area contributed by atoms with Crippen molar-refractivity contribution in [1.29, 1.82) is 0 Å². The molecular formula is C20H24N8O. The molecule has 1 aromatic carbocycles. The van der Waals surface area contributed by atoms with Crippen molar-refractivity contribution in [3.63, 3.8) is 0 Å². The van der Waals surface area contributed by atoms with Crippen LogP contribution in [0.5, 0.6) is 0 Å². The van der Waals surface area contributed by atoms with Crippen LogP contribution in [-0.4, -0.2) is 72.4 Å². The van der Waals surface area contributed by atoms with Gasteiger partial charge in [-0.3, -0.25) is 0 Å². The molecule has 4 heterocycles. The number of morpholine rings is 1. The Bertz CT molecular complexity index is 971. The van der Waals surface area contributed by atoms with Crippen LogP contribution in [0.4, 0.5) is 23.3 Å². The number of benzene rings is 1. The van der Waals surface area contributed by atoms with Crippen molar-refractivity contribution in [3.8, 4) is 0 Å². The van der Waals surface area contributed by atoms with Gasteiger partial charge in [-0.1, -0.05) is 18.2 Å². The van der Waals surface area contributed by atoms with E-state index in [1.54, 1.807) is 6.33 Å². The third-order valence-corrected chi connectivity index (χ3v) is 5.20. The van der Waals surface area contributed by atoms with Crippen LogP contribution < -0.4 is 20.4 Å². The number of aromatic nitrogens is 4. The summed E-state index contributed by atoms with van der Waals surface area (Å²) < 4.78 is 5.53. The van der Waals surface area contributed by atoms with Gasteiger partial charge in [0.05, 0.1) is 13.2 Å². The number of hydrogen-bond donors (Lipinski definition) is 2. The zero-order valence-corrected chi connectivity index (χ0v) is 16.2. The maximum absolute atomic E-state index is 5.53. The number of piperazine rings is 1. The molecular weight excluding hydrogens is 368 g/mol. The second-order valence-corrected chi connectivity index (χ2v) is 7.09. The number of ether oxygens (including phenoxy) is 1. The Hall–Kier alpha value is -3.04. The molecule has 2 fully saturated rings. The molecule has 0 aliphatic carbocycles. The monoisotopic (exact) mass is 392 g/mol. The predicted molar refractivity (Wildman–Crippen MR) is 113 cm³/mol. The number of nitrogens with one attached hydrogen (secondary N) is 2. The van der Waals surface area contributed by atoms with Crippen LogP contribution in [0, 0.1) is 0 Å². The SMILES string of the molecule is c1ccc(Nc2ncnc3c(N4CCOCC4)nc(N4CCNCC4)nc23)cc1. The summed E-state index contributed by atoms with van der Waals surface area (Å²) in [6.45, 7) is 6.57. The molecule has 9 nitrogen and oxygen atoms in total. The van der Waals surface area contributed by atoms with Gasteiger partial charge in [-0.2, -0.15) is 4.98 Å². The normalized spacial score (nSPS) is 17.5. The lowest BCUT2D eigenvalue weighted by atomic mass is 10.3. The molecule has 0 spiro atoms. The van der Waals surface area contributed by atoms with Gasteiger partial charge >= 0.3 is 0 Å². The number of rotatable bonds is 4. The highest BCUT2D eigenvalue weighted by atomic mass is 16.5. The number of para-hydroxylation sites is 1. The van der Waals surface area contributed by atoms with E-state index >= 15 is 0 Å². The fraction of sp³-hybridized carbons (Fsp3) is 0.400. The van der Waals surface area contributed by atoms with E-state index < -0.39 is 0 Å². The first kappa shape index (κ1) is 18.0. The van der Waals surface area contributed by atoms with Crippen LogP contribution in [0.25, 0.3) is 11.0 Å². The highest BCUT2D eigenvalue weighted by molar-refractivity contribution is 5.94. The van der Waals surface area contributed by atoms with Crippen LogP contribution in [0.1, 0.15) is 0 Å². The molecule has 0 amide bonds. The Kier molecular flexibility index (Phi) is 5.06. The molecule has 2 saturated heterocycles. The summed E-state index contributed by atoms with van der Waals surface area (Å²) in [6, 6.07) is 9.99. The van der Waals surface area contributed by atoms with Gasteiger partial charge in [0.15, 0.2) is 11.6 Å². The van der Waals surface area contributed by atoms with Gasteiger partial charge in [-0.05, 0) is 12.1 Å². The molecule has 2 N–H and O–H groups in total. The van der Waals surface area contributed by atoms with E-state index in [1.165, 1.54) is 0 Å². The predicted octanol–water partition coefficient (Wildman–Crippen LogP) is 1.41. The van der Waals surface area contributed by atoms with Crippen molar-refractivity contribution in [2.24, 2.45) is 0 Å². The summed E-state index contributed by atoms with van der Waals surface area (Å²) in [5.41, 5.74) is 2.46. The summed E-state index contributed by atoms with van der Waals surface area (Å²) in [5.74, 6) is 2.27. The fourth-order valence-electron chi connectivity index (χ4n) is 3.67. The van der Waals surface area contributed by atoms with Crippen molar-refractivity contribution in [3.05, 3.63) is 36.7 Å². The smallest absolute Gasteiger partial charge is 0.228 e. The largest absolute Gasteiger partial charge is 0.378 e. The summed E-state index contributed by atoms with van der Waals surface area (Å²) in [7, 11) is 0. The minimum absolute atomic E-state index is 0.689. The molecule has 2 aromatic heterocycles. The van der Waals surface area contributed by atoms with E-state index in [0.29, 0.717) is 19.0 Å². The average Bonchev–Trinajstić information content (AvgIpc) is 2.80. The van der Waals surface area contributed by atoms with E-state index in [1.807, 2.05) is 30.3 Å². The Morgan fingerprint density at radius 2 is 1.66 bits per heavy atom. The lowest BCUT2D eigenvalue weighted by molar-refractivity contribution is 0.122. The van der Waals surface area contributed by atoms with Crippen molar-refractivity contribution < 1.29 is 4.74 Å². The van der Waals surface area contributed by atoms with Gasteiger partial charge in [-0.25, -0.2) is 15.0 Å². The van der Waals surface area contributed by atoms with Crippen LogP contribution in [0.15, 0.2) is 36.7 Å². The van der Waals surface area contributed by atoms with Crippen LogP contribution in [-0.2, 0) is 4.74 Å². The van der Waals surface area contributed by atoms with Gasteiger partial charge in [0.1, 0.15) is 17.4 Å². The highest BCUT2D eigenvalue weighted by Gasteiger charge is 2.23. The quantitative estimate of drug-likeness (QED) is 0.684. The first-order valence-corrected chi connectivity index (χ1v) is 10.0. The van der Waals surface area contributed by atoms with Crippen molar-refractivity contribution in [2.45, 2.75) is 0 Å². The maximum Gasteiger partial charge on any atom is 0.228 e. The van der Waals surface area contributed by atoms with Crippen molar-refractivity contribution >= 4 is 34.3 Å². The zero-order chi connectivity index (χ0) is 19.5. The zero-order valence-electron chi connectivity index (χ0n) is 16.2. The first-order chi connectivity index (χ1) is 14.4. The van der Waals surface area contributed by atoms with E-state index in [-0.39, 0.29) is 0 Å². The Balaban J connectivity index is 1.62. The van der Waals surface area contributed by atoms with Gasteiger partial charge < -0.3 is 25.2 Å². The molecule has 150 valence electrons. The average molecular weight is 392 g/mol. The fourth-order valence-corrected chi connectivity index (χ4v) is 3.67. The van der Waals surface area contributed by atoms with Crippen LogP contribution in [0.2, 0.25) is 0 Å². The topological polar surface area (TPSA) is 91.3 Å². The minimum atomic E-state index is 0.689. The number of nitrogens with zero attached hydrogens (tertiary/aromatic N) is 6. The van der Waals surface area contributed by atoms with Crippen molar-refractivity contribution in [1.82, 2.24) is 25.3 Å². The summed E-state index contributed by atoms with van der Waals surface area (Å²) in [6.07, 6.45) is 1.57. The van der Waals surface area contributed by atoms with E-state index in [2.05, 4.69) is 30.4 Å². The summed E-state index contributed by atoms with van der Waals surface area (Å²) in [4.78, 5) is 23.3. The van der Waals surface area contributed by atoms with Gasteiger partial charge in [0.25, 0.3) is 0 Å². The molecule has 0 radical (unpaired) electrons. The molecule has 29 heavy (non-hydrogen) atoms. The third-order valence-electron chi connectivity index (χ3n) is 5.20. The molecule has 2 aliphatic heterocycles. The first-order valence-electron chi connectivity index (χ1n) is 10.0. The summed E-state index contributed by atoms with van der Waals surface area (Å²) in [5, 5.41) is 6.77. The van der Waals surface area contributed by atoms with Crippen LogP contribution >= 0.6 is 0 Å². The van der Waals surface area contributed by atoms with Gasteiger partial charge in [0.2, 0.25) is 5.95 Å². The Morgan fingerprint density at radius 1 is 0.862 bits per heavy atom. The molecule has 3 aromatic rings. The van der Waals surface area contributed by atoms with Gasteiger partial charge in [-0.15, -0.1) is 0 Å². The number of fused-ring (bicyclic) bond motifs is 1. The Labute approximate surface area is 169 Å². The molecule has 5 rings (SSSR count). The minimum Gasteiger partial charge on any atom is -0.378 e. The molecule has 2 aliphatic rings. The second-order valence-electron chi connectivity index (χ2n) is 7.09. The second kappa shape index (κ2) is 8.14. The van der Waals surface area contributed by atoms with E-state index in [4.69, 9.17) is 14.7 Å². The standard InChI is InChI=1S/C20H24N8O/c1-2-4-15(5-3-1)24-18-16-17(22-14-23-18)19(27-10-12-29-13-11-27)26-20(25-16)28-8-6-21-7-9-28/h1-5,14,21H,6-13H2,(H,22,23,24). The van der Waals surface area contributed by atoms with Gasteiger partial charge in [0, 0.05) is 45.0 Å². The van der Waals surface area contributed by atoms with Crippen LogP contribution in [0.3, 0.4) is 0 Å². The van der Waals surface area contributed by atoms with E-state index in [0.717, 1.165) is 67.8 Å². The molecule has 0 atom stereocenters. The number of anilines is 4. The third kappa shape index (κ3) is 3.79. The highest BCUT2D eigenvalue weighted by Crippen LogP contribution is 2.30. The lowest BCUT2D eigenvalue weighted by Gasteiger charge is -2.31. The molecule has 9 heteroatoms. The van der Waals surface area contributed by atoms with E-state index in [9.17, 15) is 0 Å². The summed E-state index contributed by atoms with van der Waals surface area (Å²) >= 11 is 0. The van der Waals surface area contributed by atoms with Crippen molar-refractivity contribution in [2.75, 3.05) is 67.6 Å². The molecule has 0 bridgehead atoms. The number of hydrogen-bond acceptors (Lipinski definition) is 9. The lowest BCUT2D eigenvalue weighted by Crippen LogP contribution is -2.44.